The summed E-state index contributed by atoms with van der Waals surface area (Å²) in [6.45, 7) is 9.26. The molecule has 2 atom stereocenters. The van der Waals surface area contributed by atoms with Crippen molar-refractivity contribution in [3.63, 3.8) is 0 Å². The Morgan fingerprint density at radius 3 is 2.38 bits per heavy atom. The number of nitrogens with zero attached hydrogens (tertiary/aromatic N) is 2. The molecule has 1 N–H and O–H groups in total. The van der Waals surface area contributed by atoms with Gasteiger partial charge in [-0.3, -0.25) is 14.5 Å². The van der Waals surface area contributed by atoms with E-state index in [2.05, 4.69) is 4.90 Å². The average molecular weight is 296 g/mol. The van der Waals surface area contributed by atoms with Crippen LogP contribution in [-0.2, 0) is 9.59 Å². The van der Waals surface area contributed by atoms with E-state index in [0.29, 0.717) is 6.04 Å². The van der Waals surface area contributed by atoms with Crippen molar-refractivity contribution in [2.45, 2.75) is 52.5 Å². The maximum atomic E-state index is 12.5. The minimum absolute atomic E-state index is 0.00435. The molecule has 120 valence electrons. The van der Waals surface area contributed by atoms with Gasteiger partial charge in [-0.1, -0.05) is 13.8 Å². The molecule has 2 saturated heterocycles. The Bertz CT molecular complexity index is 404. The number of carbonyl (C=O) groups is 2. The predicted molar refractivity (Wildman–Crippen MR) is 81.0 cm³/mol. The van der Waals surface area contributed by atoms with Crippen molar-refractivity contribution in [2.24, 2.45) is 11.3 Å². The number of rotatable bonds is 5. The first-order valence-electron chi connectivity index (χ1n) is 8.10. The van der Waals surface area contributed by atoms with E-state index in [9.17, 15) is 14.7 Å². The molecule has 0 aromatic heterocycles. The Labute approximate surface area is 127 Å². The number of aliphatic carboxylic acids is 1. The molecule has 2 fully saturated rings. The molecule has 0 aromatic carbocycles. The zero-order valence-electron chi connectivity index (χ0n) is 13.5. The summed E-state index contributed by atoms with van der Waals surface area (Å²) in [5.41, 5.74) is -0.969. The molecule has 0 radical (unpaired) electrons. The summed E-state index contributed by atoms with van der Waals surface area (Å²) in [5.74, 6) is -0.938. The van der Waals surface area contributed by atoms with Crippen molar-refractivity contribution in [3.05, 3.63) is 0 Å². The van der Waals surface area contributed by atoms with Gasteiger partial charge in [-0.15, -0.1) is 0 Å². The van der Waals surface area contributed by atoms with Gasteiger partial charge in [0, 0.05) is 25.6 Å². The van der Waals surface area contributed by atoms with Crippen molar-refractivity contribution >= 4 is 11.9 Å². The molecule has 0 bridgehead atoms. The molecule has 0 aliphatic carbocycles. The van der Waals surface area contributed by atoms with E-state index in [0.717, 1.165) is 32.6 Å². The van der Waals surface area contributed by atoms with Gasteiger partial charge in [-0.05, 0) is 45.2 Å². The highest BCUT2D eigenvalue weighted by Gasteiger charge is 2.41. The fraction of sp³-hybridized carbons (Fsp3) is 0.875. The number of carboxylic acids is 1. The fourth-order valence-electron chi connectivity index (χ4n) is 3.33. The van der Waals surface area contributed by atoms with Crippen LogP contribution in [0, 0.1) is 11.3 Å². The van der Waals surface area contributed by atoms with Gasteiger partial charge in [0.05, 0.1) is 5.41 Å². The molecule has 2 rings (SSSR count). The molecule has 5 heteroatoms. The van der Waals surface area contributed by atoms with Crippen LogP contribution in [0.1, 0.15) is 46.5 Å². The first-order valence-corrected chi connectivity index (χ1v) is 8.10. The third-order valence-electron chi connectivity index (χ3n) is 5.45. The van der Waals surface area contributed by atoms with Crippen molar-refractivity contribution < 1.29 is 14.7 Å². The van der Waals surface area contributed by atoms with Crippen LogP contribution in [0.5, 0.6) is 0 Å². The molecular formula is C16H28N2O3. The highest BCUT2D eigenvalue weighted by atomic mass is 16.4. The zero-order chi connectivity index (χ0) is 15.6. The summed E-state index contributed by atoms with van der Waals surface area (Å²) in [4.78, 5) is 28.3. The molecule has 2 heterocycles. The van der Waals surface area contributed by atoms with Crippen LogP contribution >= 0.6 is 0 Å². The van der Waals surface area contributed by atoms with Crippen LogP contribution in [0.15, 0.2) is 0 Å². The maximum Gasteiger partial charge on any atom is 0.310 e. The molecule has 21 heavy (non-hydrogen) atoms. The van der Waals surface area contributed by atoms with E-state index < -0.39 is 11.4 Å². The lowest BCUT2D eigenvalue weighted by Crippen LogP contribution is -2.42. The minimum atomic E-state index is -0.969. The molecule has 0 saturated carbocycles. The Kier molecular flexibility index (Phi) is 4.91. The Hall–Kier alpha value is -1.10. The molecule has 2 unspecified atom stereocenters. The second-order valence-corrected chi connectivity index (χ2v) is 7.08. The Balaban J connectivity index is 1.93. The first kappa shape index (κ1) is 16.3. The highest BCUT2D eigenvalue weighted by Crippen LogP contribution is 2.33. The third kappa shape index (κ3) is 3.39. The number of likely N-dealkylation sites (tertiary alicyclic amines) is 2. The summed E-state index contributed by atoms with van der Waals surface area (Å²) >= 11 is 0. The SMILES string of the molecule is CC(C)C(C)(CC(=O)N1CCC(N2CCCC2)C1)C(=O)O. The molecule has 5 nitrogen and oxygen atoms in total. The van der Waals surface area contributed by atoms with E-state index in [1.807, 2.05) is 18.7 Å². The van der Waals surface area contributed by atoms with Crippen LogP contribution in [-0.4, -0.2) is 59.0 Å². The molecule has 2 aliphatic heterocycles. The van der Waals surface area contributed by atoms with Gasteiger partial charge in [0.15, 0.2) is 0 Å². The summed E-state index contributed by atoms with van der Waals surface area (Å²) < 4.78 is 0. The fourth-order valence-corrected chi connectivity index (χ4v) is 3.33. The van der Waals surface area contributed by atoms with Gasteiger partial charge in [0.1, 0.15) is 0 Å². The number of hydrogen-bond acceptors (Lipinski definition) is 3. The monoisotopic (exact) mass is 296 g/mol. The van der Waals surface area contributed by atoms with Crippen LogP contribution in [0.3, 0.4) is 0 Å². The summed E-state index contributed by atoms with van der Waals surface area (Å²) in [7, 11) is 0. The Morgan fingerprint density at radius 2 is 1.86 bits per heavy atom. The third-order valence-corrected chi connectivity index (χ3v) is 5.45. The maximum absolute atomic E-state index is 12.5. The average Bonchev–Trinajstić information content (AvgIpc) is 3.08. The summed E-state index contributed by atoms with van der Waals surface area (Å²) in [5, 5.41) is 9.44. The minimum Gasteiger partial charge on any atom is -0.481 e. The van der Waals surface area contributed by atoms with Crippen molar-refractivity contribution in [1.29, 1.82) is 0 Å². The normalized spacial score (nSPS) is 26.3. The van der Waals surface area contributed by atoms with Crippen molar-refractivity contribution in [3.8, 4) is 0 Å². The first-order chi connectivity index (χ1) is 9.84. The second kappa shape index (κ2) is 6.34. The number of carboxylic acid groups (broad SMARTS) is 1. The van der Waals surface area contributed by atoms with Gasteiger partial charge in [0.2, 0.25) is 5.91 Å². The number of carbonyl (C=O) groups excluding carboxylic acids is 1. The lowest BCUT2D eigenvalue weighted by Gasteiger charge is -2.30. The smallest absolute Gasteiger partial charge is 0.310 e. The van der Waals surface area contributed by atoms with Crippen LogP contribution in [0.25, 0.3) is 0 Å². The van der Waals surface area contributed by atoms with Crippen molar-refractivity contribution in [1.82, 2.24) is 9.80 Å². The van der Waals surface area contributed by atoms with Gasteiger partial charge in [-0.2, -0.15) is 0 Å². The largest absolute Gasteiger partial charge is 0.481 e. The van der Waals surface area contributed by atoms with E-state index in [4.69, 9.17) is 0 Å². The zero-order valence-corrected chi connectivity index (χ0v) is 13.5. The lowest BCUT2D eigenvalue weighted by atomic mass is 9.76. The predicted octanol–water partition coefficient (Wildman–Crippen LogP) is 1.82. The van der Waals surface area contributed by atoms with Crippen molar-refractivity contribution in [2.75, 3.05) is 26.2 Å². The van der Waals surface area contributed by atoms with E-state index >= 15 is 0 Å². The molecule has 2 aliphatic rings. The number of amides is 1. The number of hydrogen-bond donors (Lipinski definition) is 1. The molecule has 0 aromatic rings. The van der Waals surface area contributed by atoms with E-state index in [1.54, 1.807) is 6.92 Å². The summed E-state index contributed by atoms with van der Waals surface area (Å²) in [6.07, 6.45) is 3.65. The standard InChI is InChI=1S/C16H28N2O3/c1-12(2)16(3,15(20)21)10-14(19)18-9-6-13(11-18)17-7-4-5-8-17/h12-13H,4-11H2,1-3H3,(H,20,21). The Morgan fingerprint density at radius 1 is 1.24 bits per heavy atom. The van der Waals surface area contributed by atoms with Gasteiger partial charge in [-0.25, -0.2) is 0 Å². The van der Waals surface area contributed by atoms with Gasteiger partial charge < -0.3 is 10.0 Å². The molecule has 0 spiro atoms. The molecular weight excluding hydrogens is 268 g/mol. The van der Waals surface area contributed by atoms with E-state index in [1.165, 1.54) is 12.8 Å². The van der Waals surface area contributed by atoms with Gasteiger partial charge >= 0.3 is 5.97 Å². The topological polar surface area (TPSA) is 60.9 Å². The van der Waals surface area contributed by atoms with Crippen LogP contribution < -0.4 is 0 Å². The van der Waals surface area contributed by atoms with Crippen LogP contribution in [0.4, 0.5) is 0 Å². The highest BCUT2D eigenvalue weighted by molar-refractivity contribution is 5.85. The quantitative estimate of drug-likeness (QED) is 0.840. The van der Waals surface area contributed by atoms with Crippen LogP contribution in [0.2, 0.25) is 0 Å². The van der Waals surface area contributed by atoms with E-state index in [-0.39, 0.29) is 18.2 Å². The lowest BCUT2D eigenvalue weighted by molar-refractivity contribution is -0.155. The second-order valence-electron chi connectivity index (χ2n) is 7.08. The molecule has 1 amide bonds. The van der Waals surface area contributed by atoms with Gasteiger partial charge in [0.25, 0.3) is 0 Å². The summed E-state index contributed by atoms with van der Waals surface area (Å²) in [6, 6.07) is 0.478.